The van der Waals surface area contributed by atoms with Crippen LogP contribution in [0.25, 0.3) is 0 Å². The summed E-state index contributed by atoms with van der Waals surface area (Å²) in [5, 5.41) is 103. The van der Waals surface area contributed by atoms with Gasteiger partial charge >= 0.3 is 13.1 Å². The van der Waals surface area contributed by atoms with Crippen molar-refractivity contribution in [3.63, 3.8) is 0 Å². The van der Waals surface area contributed by atoms with Gasteiger partial charge in [0.2, 0.25) is 70.9 Å². The first-order valence-electron chi connectivity index (χ1n) is 34.3. The van der Waals surface area contributed by atoms with Gasteiger partial charge in [0.05, 0.1) is 32.2 Å². The zero-order chi connectivity index (χ0) is 81.4. The molecular weight excluding hydrogens is 1430 g/mol. The summed E-state index contributed by atoms with van der Waals surface area (Å²) in [7, 11) is -1.77. The number of carbonyl (C=O) groups excluding carboxylic acids is 12. The van der Waals surface area contributed by atoms with Crippen LogP contribution in [0.4, 0.5) is 0 Å². The van der Waals surface area contributed by atoms with Crippen LogP contribution in [0.3, 0.4) is 0 Å². The van der Waals surface area contributed by atoms with Gasteiger partial charge in [-0.15, -0.1) is 0 Å². The topological polar surface area (TPSA) is 675 Å². The maximum absolute atomic E-state index is 15.2. The smallest absolute Gasteiger partial charge is 0.488 e. The van der Waals surface area contributed by atoms with E-state index < -0.39 is 189 Å². The summed E-state index contributed by atoms with van der Waals surface area (Å²) in [6, 6.07) is 5.94. The fourth-order valence-corrected chi connectivity index (χ4v) is 11.1. The Hall–Kier alpha value is -12.2. The average Bonchev–Trinajstić information content (AvgIpc) is 0.766. The van der Waals surface area contributed by atoms with Gasteiger partial charge in [0, 0.05) is 43.3 Å². The summed E-state index contributed by atoms with van der Waals surface area (Å²) in [6.45, 7) is 4.81. The highest BCUT2D eigenvalue weighted by Crippen LogP contribution is 2.39. The van der Waals surface area contributed by atoms with Gasteiger partial charge in [0.15, 0.2) is 11.9 Å². The largest absolute Gasteiger partial charge is 0.508 e. The normalized spacial score (nSPS) is 13.5. The van der Waals surface area contributed by atoms with E-state index in [0.717, 1.165) is 6.92 Å². The van der Waals surface area contributed by atoms with E-state index in [9.17, 15) is 83.2 Å². The molecule has 4 aromatic rings. The van der Waals surface area contributed by atoms with Crippen molar-refractivity contribution in [2.45, 2.75) is 159 Å². The molecule has 4 rings (SSSR count). The number of hydrogen-bond donors (Lipinski definition) is 25. The molecule has 0 saturated carbocycles. The number of aromatic hydroxyl groups is 2. The summed E-state index contributed by atoms with van der Waals surface area (Å²) in [6.07, 6.45) is -2.63. The number of primary amides is 2. The Balaban J connectivity index is 1.66. The molecule has 4 aromatic carbocycles. The summed E-state index contributed by atoms with van der Waals surface area (Å²) in [5.74, 6) is -15.0. The van der Waals surface area contributed by atoms with E-state index in [4.69, 9.17) is 44.2 Å². The van der Waals surface area contributed by atoms with Crippen LogP contribution in [0.1, 0.15) is 99.1 Å². The molecular formula is C69H98BN19O20. The number of hydrogen-bond acceptors (Lipinski definition) is 22. The number of phenolic OH excluding ortho intramolecular Hbond substituents is 2. The molecule has 0 radical (unpaired) electrons. The minimum Gasteiger partial charge on any atom is -0.508 e. The van der Waals surface area contributed by atoms with E-state index in [2.05, 4.69) is 63.8 Å². The van der Waals surface area contributed by atoms with E-state index >= 15 is 9.59 Å². The van der Waals surface area contributed by atoms with E-state index in [1.54, 1.807) is 38.1 Å². The third-order valence-electron chi connectivity index (χ3n) is 16.8. The Bertz CT molecular complexity index is 3890. The molecule has 0 unspecified atom stereocenters. The predicted octanol–water partition coefficient (Wildman–Crippen LogP) is -7.06. The number of rotatable bonds is 45. The van der Waals surface area contributed by atoms with Gasteiger partial charge in [0.1, 0.15) is 72.2 Å². The number of nitrogens with two attached hydrogens (primary N) is 5. The molecule has 39 nitrogen and oxygen atoms in total. The molecule has 0 saturated heterocycles. The Morgan fingerprint density at radius 1 is 0.532 bits per heavy atom. The average molecular weight is 1520 g/mol. The molecule has 0 aliphatic rings. The Labute approximate surface area is 627 Å². The number of ether oxygens (including phenoxy) is 1. The number of aliphatic hydroxyl groups is 1. The second-order valence-corrected chi connectivity index (χ2v) is 26.2. The number of amides is 12. The van der Waals surface area contributed by atoms with Crippen molar-refractivity contribution >= 4 is 101 Å². The number of guanidine groups is 2. The van der Waals surface area contributed by atoms with Crippen molar-refractivity contribution in [1.82, 2.24) is 63.8 Å². The van der Waals surface area contributed by atoms with Gasteiger partial charge in [-0.1, -0.05) is 68.4 Å². The summed E-state index contributed by atoms with van der Waals surface area (Å²) < 4.78 is 6.41. The number of nitrogens with one attached hydrogen (secondary N) is 14. The highest BCUT2D eigenvalue weighted by molar-refractivity contribution is 6.58. The van der Waals surface area contributed by atoms with Crippen LogP contribution in [0.2, 0.25) is 0 Å². The maximum atomic E-state index is 15.2. The lowest BCUT2D eigenvalue weighted by Crippen LogP contribution is -2.62. The van der Waals surface area contributed by atoms with E-state index in [-0.39, 0.29) is 86.9 Å². The molecule has 0 spiro atoms. The Morgan fingerprint density at radius 3 is 1.53 bits per heavy atom. The number of carboxylic acid groups (broad SMARTS) is 1. The van der Waals surface area contributed by atoms with Crippen molar-refractivity contribution < 1.29 is 97.5 Å². The van der Waals surface area contributed by atoms with Gasteiger partial charge < -0.3 is 128 Å². The number of aliphatic carboxylic acids is 1. The van der Waals surface area contributed by atoms with Crippen molar-refractivity contribution in [1.29, 1.82) is 10.8 Å². The fourth-order valence-electron chi connectivity index (χ4n) is 11.1. The van der Waals surface area contributed by atoms with E-state index in [0.29, 0.717) is 33.4 Å². The van der Waals surface area contributed by atoms with Gasteiger partial charge in [-0.2, -0.15) is 0 Å². The van der Waals surface area contributed by atoms with Gasteiger partial charge in [0.25, 0.3) is 0 Å². The molecule has 30 N–H and O–H groups in total. The first-order valence-corrected chi connectivity index (χ1v) is 34.3. The summed E-state index contributed by atoms with van der Waals surface area (Å²) in [4.78, 5) is 177. The van der Waals surface area contributed by atoms with Gasteiger partial charge in [-0.05, 0) is 116 Å². The monoisotopic (exact) mass is 1520 g/mol. The van der Waals surface area contributed by atoms with Gasteiger partial charge in [-0.25, -0.2) is 0 Å². The molecule has 0 aromatic heterocycles. The Morgan fingerprint density at radius 2 is 1.00 bits per heavy atom. The standard InChI is InChI=1S/C69H98BN19O20/c1-35-26-36(2)56(51(27-35)109-34-40-10-16-41(17-11-40)70(107)108)69(4,5)57(66(106)81-31-53(94)82-37(3)59(99)84-46(22-23-52(72)93)62(102)88-50(33-90)61(101)80-32-54(95)83-47(58(73)98)28-38-12-18-42(91)19-13-38)89-63(103)45(9-7-25-79-68(76)77)85-65(105)49(30-55(96)97)87-64(104)48(29-39-14-20-43(92)21-15-39)86-60(100)44(71)8-6-24-78-67(74)75/h10-21,26-27,37,44-50,57,90-92,107-108H,6-9,22-25,28-34,71H2,1-5H3,(H2,72,93)(H2,73,98)(H,80,101)(H,81,106)(H,82,94)(H,83,95)(H,84,99)(H,85,105)(H,86,100)(H,87,104)(H,88,102)(H,89,103)(H,96,97)(H4,74,75,78)(H4,76,77,79)/t37-,44-,45-,46-,47-,48-,49-,50-,57+/m0/s1. The lowest BCUT2D eigenvalue weighted by molar-refractivity contribution is -0.141. The second-order valence-electron chi connectivity index (χ2n) is 26.2. The third kappa shape index (κ3) is 30.7. The number of phenols is 2. The van der Waals surface area contributed by atoms with Crippen molar-refractivity contribution in [3.05, 3.63) is 118 Å². The lowest BCUT2D eigenvalue weighted by atomic mass is 9.74. The molecule has 0 aliphatic heterocycles. The van der Waals surface area contributed by atoms with E-state index in [1.165, 1.54) is 74.5 Å². The van der Waals surface area contributed by atoms with Crippen LogP contribution in [0.15, 0.2) is 84.9 Å². The van der Waals surface area contributed by atoms with Crippen molar-refractivity contribution in [2.75, 3.05) is 32.8 Å². The summed E-state index contributed by atoms with van der Waals surface area (Å²) in [5.41, 5.74) is 29.3. The molecule has 0 aliphatic carbocycles. The fraction of sp³-hybridized carbons (Fsp3) is 0.435. The molecule has 40 heteroatoms. The molecule has 12 amide bonds. The van der Waals surface area contributed by atoms with Crippen molar-refractivity contribution in [2.24, 2.45) is 28.7 Å². The number of carbonyl (C=O) groups is 13. The third-order valence-corrected chi connectivity index (χ3v) is 16.8. The molecule has 9 atom stereocenters. The second kappa shape index (κ2) is 43.5. The number of benzene rings is 4. The molecule has 0 bridgehead atoms. The number of aryl methyl sites for hydroxylation is 2. The van der Waals surface area contributed by atoms with Crippen LogP contribution >= 0.6 is 0 Å². The zero-order valence-electron chi connectivity index (χ0n) is 60.7. The highest BCUT2D eigenvalue weighted by Gasteiger charge is 2.43. The zero-order valence-corrected chi connectivity index (χ0v) is 60.7. The van der Waals surface area contributed by atoms with Crippen LogP contribution in [0.5, 0.6) is 17.2 Å². The van der Waals surface area contributed by atoms with Crippen LogP contribution in [-0.4, -0.2) is 214 Å². The SMILES string of the molecule is Cc1cc(C)c(C(C)(C)[C@H](NC(=O)[C@H](CCCNC(=N)N)NC(=O)[C@H](CC(=O)O)NC(=O)[C@H](Cc2ccc(O)cc2)NC(=O)[C@@H](N)CCCNC(=N)N)C(=O)NCC(=O)N[C@@H](C)C(=O)N[C@@H](CCC(N)=O)C(=O)N[C@@H](CO)C(=O)NCC(=O)N[C@@H](Cc2ccc(O)cc2)C(N)=O)c(OCc2ccc(B(O)O)cc2)c1. The van der Waals surface area contributed by atoms with Crippen LogP contribution in [0, 0.1) is 24.7 Å². The van der Waals surface area contributed by atoms with E-state index in [1.807, 2.05) is 0 Å². The molecule has 0 fully saturated rings. The number of carboxylic acids is 1. The van der Waals surface area contributed by atoms with Gasteiger partial charge in [-0.3, -0.25) is 73.1 Å². The predicted molar refractivity (Wildman–Crippen MR) is 394 cm³/mol. The summed E-state index contributed by atoms with van der Waals surface area (Å²) >= 11 is 0. The van der Waals surface area contributed by atoms with Crippen LogP contribution in [-0.2, 0) is 87.2 Å². The van der Waals surface area contributed by atoms with Crippen molar-refractivity contribution in [3.8, 4) is 17.2 Å². The highest BCUT2D eigenvalue weighted by atomic mass is 16.5. The molecule has 0 heterocycles. The first kappa shape index (κ1) is 89.2. The Kier molecular flexibility index (Phi) is 35.6. The molecule has 109 heavy (non-hydrogen) atoms. The first-order chi connectivity index (χ1) is 51.3. The van der Waals surface area contributed by atoms with Crippen LogP contribution < -0.4 is 103 Å². The minimum absolute atomic E-state index is 0.0405. The number of aliphatic hydroxyl groups excluding tert-OH is 1. The molecule has 592 valence electrons. The lowest BCUT2D eigenvalue weighted by Gasteiger charge is -2.37. The minimum atomic E-state index is -2.00. The maximum Gasteiger partial charge on any atom is 0.488 e. The quantitative estimate of drug-likeness (QED) is 0.00846.